The second-order valence-electron chi connectivity index (χ2n) is 2.30. The van der Waals surface area contributed by atoms with Crippen molar-refractivity contribution >= 4 is 13.3 Å². The summed E-state index contributed by atoms with van der Waals surface area (Å²) < 4.78 is 25.3. The molecule has 0 bridgehead atoms. The van der Waals surface area contributed by atoms with E-state index in [4.69, 9.17) is 0 Å². The van der Waals surface area contributed by atoms with Crippen LogP contribution >= 0.6 is 0 Å². The van der Waals surface area contributed by atoms with E-state index in [0.717, 1.165) is 0 Å². The predicted molar refractivity (Wildman–Crippen MR) is 39.3 cm³/mol. The summed E-state index contributed by atoms with van der Waals surface area (Å²) in [4.78, 5) is 0. The minimum atomic E-state index is -0.483. The Bertz CT molecular complexity index is 231. The standard InChI is InChI=1S/C7H7BF2/c1-4-2-3-5(9)6(8)7(4)10/h2-3H,8H2,1H3. The summed E-state index contributed by atoms with van der Waals surface area (Å²) in [7, 11) is 1.43. The SMILES string of the molecule is Bc1c(F)ccc(C)c1F. The van der Waals surface area contributed by atoms with Crippen molar-refractivity contribution in [2.24, 2.45) is 0 Å². The summed E-state index contributed by atoms with van der Waals surface area (Å²) >= 11 is 0. The topological polar surface area (TPSA) is 0 Å². The number of hydrogen-bond acceptors (Lipinski definition) is 0. The molecule has 0 saturated carbocycles. The van der Waals surface area contributed by atoms with Gasteiger partial charge in [-0.2, -0.15) is 0 Å². The number of hydrogen-bond donors (Lipinski definition) is 0. The molecule has 1 rings (SSSR count). The molecule has 3 heteroatoms. The minimum Gasteiger partial charge on any atom is -0.208 e. The second-order valence-corrected chi connectivity index (χ2v) is 2.30. The van der Waals surface area contributed by atoms with Crippen LogP contribution in [0.25, 0.3) is 0 Å². The van der Waals surface area contributed by atoms with Gasteiger partial charge >= 0.3 is 0 Å². The average Bonchev–Trinajstić information content (AvgIpc) is 1.93. The lowest BCUT2D eigenvalue weighted by molar-refractivity contribution is 0.592. The zero-order valence-corrected chi connectivity index (χ0v) is 5.91. The predicted octanol–water partition coefficient (Wildman–Crippen LogP) is 0.532. The normalized spacial score (nSPS) is 9.90. The summed E-state index contributed by atoms with van der Waals surface area (Å²) in [6.07, 6.45) is 0. The maximum absolute atomic E-state index is 12.8. The Morgan fingerprint density at radius 1 is 1.30 bits per heavy atom. The molecular formula is C7H7BF2. The molecule has 0 spiro atoms. The lowest BCUT2D eigenvalue weighted by atomic mass is 9.93. The molecule has 52 valence electrons. The van der Waals surface area contributed by atoms with Crippen LogP contribution in [0.2, 0.25) is 0 Å². The van der Waals surface area contributed by atoms with Crippen molar-refractivity contribution in [2.75, 3.05) is 0 Å². The van der Waals surface area contributed by atoms with Gasteiger partial charge in [0, 0.05) is 0 Å². The molecule has 0 nitrogen and oxygen atoms in total. The molecule has 0 amide bonds. The lowest BCUT2D eigenvalue weighted by Crippen LogP contribution is -2.14. The molecule has 0 N–H and O–H groups in total. The van der Waals surface area contributed by atoms with Crippen molar-refractivity contribution in [3.63, 3.8) is 0 Å². The second kappa shape index (κ2) is 2.41. The van der Waals surface area contributed by atoms with Crippen molar-refractivity contribution in [1.82, 2.24) is 0 Å². The number of benzene rings is 1. The van der Waals surface area contributed by atoms with Crippen molar-refractivity contribution in [3.8, 4) is 0 Å². The molecular weight excluding hydrogens is 133 g/mol. The van der Waals surface area contributed by atoms with Crippen molar-refractivity contribution < 1.29 is 8.78 Å². The van der Waals surface area contributed by atoms with Crippen molar-refractivity contribution in [3.05, 3.63) is 29.3 Å². The van der Waals surface area contributed by atoms with Crippen LogP contribution in [-0.2, 0) is 0 Å². The van der Waals surface area contributed by atoms with Gasteiger partial charge in [0.2, 0.25) is 0 Å². The van der Waals surface area contributed by atoms with Crippen LogP contribution in [0, 0.1) is 18.6 Å². The van der Waals surface area contributed by atoms with Crippen LogP contribution in [0.3, 0.4) is 0 Å². The number of halogens is 2. The molecule has 0 heterocycles. The molecule has 0 fully saturated rings. The molecule has 0 saturated heterocycles. The largest absolute Gasteiger partial charge is 0.208 e. The van der Waals surface area contributed by atoms with Crippen molar-refractivity contribution in [1.29, 1.82) is 0 Å². The van der Waals surface area contributed by atoms with Crippen LogP contribution in [0.4, 0.5) is 8.78 Å². The maximum Gasteiger partial charge on any atom is 0.147 e. The quantitative estimate of drug-likeness (QED) is 0.461. The Morgan fingerprint density at radius 2 is 1.90 bits per heavy atom. The highest BCUT2D eigenvalue weighted by molar-refractivity contribution is 6.32. The van der Waals surface area contributed by atoms with Gasteiger partial charge in [0.1, 0.15) is 19.5 Å². The van der Waals surface area contributed by atoms with Gasteiger partial charge in [-0.3, -0.25) is 0 Å². The van der Waals surface area contributed by atoms with E-state index in [1.165, 1.54) is 20.0 Å². The van der Waals surface area contributed by atoms with Gasteiger partial charge in [0.05, 0.1) is 0 Å². The molecule has 1 aromatic rings. The first kappa shape index (κ1) is 7.25. The van der Waals surface area contributed by atoms with Gasteiger partial charge in [0.15, 0.2) is 0 Å². The highest BCUT2D eigenvalue weighted by Crippen LogP contribution is 2.03. The van der Waals surface area contributed by atoms with Gasteiger partial charge in [-0.25, -0.2) is 8.78 Å². The summed E-state index contributed by atoms with van der Waals surface area (Å²) in [5.74, 6) is -0.928. The fraction of sp³-hybridized carbons (Fsp3) is 0.143. The Balaban J connectivity index is 3.34. The van der Waals surface area contributed by atoms with Gasteiger partial charge in [0.25, 0.3) is 0 Å². The highest BCUT2D eigenvalue weighted by atomic mass is 19.1. The number of rotatable bonds is 0. The van der Waals surface area contributed by atoms with Gasteiger partial charge in [-0.05, 0) is 24.0 Å². The molecule has 0 radical (unpaired) electrons. The van der Waals surface area contributed by atoms with E-state index in [2.05, 4.69) is 0 Å². The van der Waals surface area contributed by atoms with Gasteiger partial charge in [-0.1, -0.05) is 6.07 Å². The Hall–Kier alpha value is -0.855. The zero-order valence-electron chi connectivity index (χ0n) is 5.91. The molecule has 0 aliphatic carbocycles. The third kappa shape index (κ3) is 1.04. The summed E-state index contributed by atoms with van der Waals surface area (Å²) in [6.45, 7) is 1.61. The van der Waals surface area contributed by atoms with E-state index in [9.17, 15) is 8.78 Å². The zero-order chi connectivity index (χ0) is 7.72. The summed E-state index contributed by atoms with van der Waals surface area (Å²) in [5.41, 5.74) is 0.582. The van der Waals surface area contributed by atoms with E-state index in [1.54, 1.807) is 6.92 Å². The molecule has 10 heavy (non-hydrogen) atoms. The van der Waals surface area contributed by atoms with E-state index in [1.807, 2.05) is 0 Å². The van der Waals surface area contributed by atoms with Crippen molar-refractivity contribution in [2.45, 2.75) is 6.92 Å². The Labute approximate surface area is 59.3 Å². The van der Waals surface area contributed by atoms with Gasteiger partial charge < -0.3 is 0 Å². The van der Waals surface area contributed by atoms with Crippen LogP contribution in [0.5, 0.6) is 0 Å². The molecule has 0 aromatic heterocycles. The Kier molecular flexibility index (Phi) is 1.75. The average molecular weight is 140 g/mol. The van der Waals surface area contributed by atoms with Crippen LogP contribution in [0.15, 0.2) is 12.1 Å². The first-order chi connectivity index (χ1) is 4.63. The first-order valence-electron chi connectivity index (χ1n) is 3.04. The highest BCUT2D eigenvalue weighted by Gasteiger charge is 2.04. The van der Waals surface area contributed by atoms with E-state index < -0.39 is 11.6 Å². The first-order valence-corrected chi connectivity index (χ1v) is 3.04. The smallest absolute Gasteiger partial charge is 0.147 e. The molecule has 1 aromatic carbocycles. The maximum atomic E-state index is 12.8. The van der Waals surface area contributed by atoms with Crippen LogP contribution in [0.1, 0.15) is 5.56 Å². The molecule has 0 aliphatic rings. The minimum absolute atomic E-state index is 0.0972. The van der Waals surface area contributed by atoms with E-state index in [-0.39, 0.29) is 5.46 Å². The molecule has 0 atom stereocenters. The summed E-state index contributed by atoms with van der Waals surface area (Å²) in [6, 6.07) is 2.70. The lowest BCUT2D eigenvalue weighted by Gasteiger charge is -2.00. The van der Waals surface area contributed by atoms with Gasteiger partial charge in [-0.15, -0.1) is 0 Å². The summed E-state index contributed by atoms with van der Waals surface area (Å²) in [5, 5.41) is 0. The van der Waals surface area contributed by atoms with E-state index in [0.29, 0.717) is 5.56 Å². The fourth-order valence-corrected chi connectivity index (χ4v) is 0.797. The molecule has 0 aliphatic heterocycles. The Morgan fingerprint density at radius 3 is 2.40 bits per heavy atom. The molecule has 0 unspecified atom stereocenters. The fourth-order valence-electron chi connectivity index (χ4n) is 0.797. The third-order valence-corrected chi connectivity index (χ3v) is 1.51. The number of aryl methyl sites for hydroxylation is 1. The van der Waals surface area contributed by atoms with Crippen LogP contribution < -0.4 is 5.46 Å². The van der Waals surface area contributed by atoms with E-state index >= 15 is 0 Å². The monoisotopic (exact) mass is 140 g/mol. The van der Waals surface area contributed by atoms with Crippen LogP contribution in [-0.4, -0.2) is 7.85 Å². The third-order valence-electron chi connectivity index (χ3n) is 1.51.